The molecule has 0 bridgehead atoms. The van der Waals surface area contributed by atoms with E-state index >= 15 is 0 Å². The standard InChI is InChI=1S/C17H28O3/c1-7-12(2)14(4)15-8-9-16(17(10-15)19-6)20-13(3)11-18-5/h8-10,12-14H,7,11H2,1-6H3. The van der Waals surface area contributed by atoms with Crippen LogP contribution < -0.4 is 9.47 Å². The van der Waals surface area contributed by atoms with Crippen LogP contribution in [0.15, 0.2) is 18.2 Å². The van der Waals surface area contributed by atoms with Crippen LogP contribution in [-0.2, 0) is 4.74 Å². The van der Waals surface area contributed by atoms with Crippen molar-refractivity contribution < 1.29 is 14.2 Å². The normalized spacial score (nSPS) is 15.5. The molecule has 1 rings (SSSR count). The van der Waals surface area contributed by atoms with Gasteiger partial charge in [0.1, 0.15) is 6.10 Å². The molecule has 1 aromatic rings. The number of methoxy groups -OCH3 is 2. The first-order valence-corrected chi connectivity index (χ1v) is 7.36. The van der Waals surface area contributed by atoms with Crippen molar-refractivity contribution in [2.45, 2.75) is 46.1 Å². The molecule has 0 aliphatic rings. The minimum atomic E-state index is 0.00624. The van der Waals surface area contributed by atoms with Gasteiger partial charge in [-0.1, -0.05) is 33.3 Å². The first-order valence-electron chi connectivity index (χ1n) is 7.36. The van der Waals surface area contributed by atoms with Crippen molar-refractivity contribution in [3.05, 3.63) is 23.8 Å². The molecule has 3 atom stereocenters. The van der Waals surface area contributed by atoms with Crippen molar-refractivity contribution in [1.29, 1.82) is 0 Å². The van der Waals surface area contributed by atoms with Gasteiger partial charge in [-0.3, -0.25) is 0 Å². The Morgan fingerprint density at radius 1 is 1.05 bits per heavy atom. The van der Waals surface area contributed by atoms with Gasteiger partial charge in [0.15, 0.2) is 11.5 Å². The second-order valence-electron chi connectivity index (χ2n) is 5.47. The highest BCUT2D eigenvalue weighted by molar-refractivity contribution is 5.44. The van der Waals surface area contributed by atoms with Crippen LogP contribution in [0.5, 0.6) is 11.5 Å². The van der Waals surface area contributed by atoms with Crippen LogP contribution in [0, 0.1) is 5.92 Å². The van der Waals surface area contributed by atoms with Gasteiger partial charge in [-0.05, 0) is 36.5 Å². The lowest BCUT2D eigenvalue weighted by atomic mass is 9.87. The highest BCUT2D eigenvalue weighted by Gasteiger charge is 2.16. The Kier molecular flexibility index (Phi) is 6.86. The molecule has 0 aliphatic carbocycles. The third-order valence-corrected chi connectivity index (χ3v) is 3.94. The maximum atomic E-state index is 5.85. The van der Waals surface area contributed by atoms with E-state index in [2.05, 4.69) is 32.9 Å². The van der Waals surface area contributed by atoms with E-state index in [1.165, 1.54) is 12.0 Å². The van der Waals surface area contributed by atoms with E-state index in [1.54, 1.807) is 14.2 Å². The molecule has 0 aliphatic heterocycles. The summed E-state index contributed by atoms with van der Waals surface area (Å²) in [7, 11) is 3.36. The lowest BCUT2D eigenvalue weighted by molar-refractivity contribution is 0.0899. The van der Waals surface area contributed by atoms with Crippen LogP contribution in [0.4, 0.5) is 0 Å². The molecule has 0 aromatic heterocycles. The van der Waals surface area contributed by atoms with Crippen molar-refractivity contribution in [3.8, 4) is 11.5 Å². The molecule has 3 nitrogen and oxygen atoms in total. The number of hydrogen-bond donors (Lipinski definition) is 0. The maximum absolute atomic E-state index is 5.85. The zero-order valence-electron chi connectivity index (χ0n) is 13.6. The van der Waals surface area contributed by atoms with Gasteiger partial charge < -0.3 is 14.2 Å². The van der Waals surface area contributed by atoms with E-state index in [4.69, 9.17) is 14.2 Å². The van der Waals surface area contributed by atoms with E-state index in [1.807, 2.05) is 13.0 Å². The number of benzene rings is 1. The molecule has 0 spiro atoms. The van der Waals surface area contributed by atoms with Crippen molar-refractivity contribution in [2.24, 2.45) is 5.92 Å². The largest absolute Gasteiger partial charge is 0.493 e. The zero-order chi connectivity index (χ0) is 15.1. The maximum Gasteiger partial charge on any atom is 0.161 e. The number of rotatable bonds is 8. The van der Waals surface area contributed by atoms with E-state index in [0.717, 1.165) is 11.5 Å². The van der Waals surface area contributed by atoms with Gasteiger partial charge in [0.2, 0.25) is 0 Å². The van der Waals surface area contributed by atoms with Crippen LogP contribution in [0.2, 0.25) is 0 Å². The topological polar surface area (TPSA) is 27.7 Å². The average molecular weight is 280 g/mol. The Hall–Kier alpha value is -1.22. The Labute approximate surface area is 123 Å². The predicted molar refractivity (Wildman–Crippen MR) is 82.8 cm³/mol. The lowest BCUT2D eigenvalue weighted by Crippen LogP contribution is -2.18. The van der Waals surface area contributed by atoms with Crippen LogP contribution in [0.1, 0.15) is 45.6 Å². The molecule has 0 amide bonds. The quantitative estimate of drug-likeness (QED) is 0.712. The van der Waals surface area contributed by atoms with Crippen molar-refractivity contribution >= 4 is 0 Å². The van der Waals surface area contributed by atoms with E-state index in [9.17, 15) is 0 Å². The monoisotopic (exact) mass is 280 g/mol. The summed E-state index contributed by atoms with van der Waals surface area (Å²) in [6.07, 6.45) is 1.18. The molecule has 3 unspecified atom stereocenters. The van der Waals surface area contributed by atoms with Crippen LogP contribution in [0.25, 0.3) is 0 Å². The van der Waals surface area contributed by atoms with Crippen LogP contribution in [-0.4, -0.2) is 26.9 Å². The summed E-state index contributed by atoms with van der Waals surface area (Å²) >= 11 is 0. The third-order valence-electron chi connectivity index (χ3n) is 3.94. The molecule has 3 heteroatoms. The molecule has 0 fully saturated rings. The first-order chi connectivity index (χ1) is 9.53. The van der Waals surface area contributed by atoms with Crippen molar-refractivity contribution in [3.63, 3.8) is 0 Å². The van der Waals surface area contributed by atoms with Crippen LogP contribution in [0.3, 0.4) is 0 Å². The van der Waals surface area contributed by atoms with Crippen molar-refractivity contribution in [2.75, 3.05) is 20.8 Å². The molecule has 20 heavy (non-hydrogen) atoms. The van der Waals surface area contributed by atoms with Gasteiger partial charge in [0.25, 0.3) is 0 Å². The molecule has 0 saturated heterocycles. The zero-order valence-corrected chi connectivity index (χ0v) is 13.6. The molecule has 0 N–H and O–H groups in total. The summed E-state index contributed by atoms with van der Waals surface area (Å²) in [6, 6.07) is 6.22. The minimum Gasteiger partial charge on any atom is -0.493 e. The summed E-state index contributed by atoms with van der Waals surface area (Å²) in [4.78, 5) is 0. The smallest absolute Gasteiger partial charge is 0.161 e. The van der Waals surface area contributed by atoms with Gasteiger partial charge >= 0.3 is 0 Å². The summed E-state index contributed by atoms with van der Waals surface area (Å²) in [5.41, 5.74) is 1.29. The lowest BCUT2D eigenvalue weighted by Gasteiger charge is -2.21. The molecule has 1 aromatic carbocycles. The van der Waals surface area contributed by atoms with E-state index in [0.29, 0.717) is 18.4 Å². The fourth-order valence-corrected chi connectivity index (χ4v) is 2.23. The highest BCUT2D eigenvalue weighted by Crippen LogP contribution is 2.34. The summed E-state index contributed by atoms with van der Waals surface area (Å²) in [6.45, 7) is 9.31. The molecule has 114 valence electrons. The van der Waals surface area contributed by atoms with E-state index in [-0.39, 0.29) is 6.10 Å². The highest BCUT2D eigenvalue weighted by atomic mass is 16.5. The van der Waals surface area contributed by atoms with Gasteiger partial charge in [-0.25, -0.2) is 0 Å². The number of ether oxygens (including phenoxy) is 3. The van der Waals surface area contributed by atoms with Gasteiger partial charge in [0, 0.05) is 7.11 Å². The predicted octanol–water partition coefficient (Wildman–Crippen LogP) is 4.26. The Morgan fingerprint density at radius 3 is 2.30 bits per heavy atom. The Morgan fingerprint density at radius 2 is 1.75 bits per heavy atom. The molecule has 0 radical (unpaired) electrons. The second-order valence-corrected chi connectivity index (χ2v) is 5.47. The fraction of sp³-hybridized carbons (Fsp3) is 0.647. The molecular weight excluding hydrogens is 252 g/mol. The fourth-order valence-electron chi connectivity index (χ4n) is 2.23. The van der Waals surface area contributed by atoms with E-state index < -0.39 is 0 Å². The SMILES string of the molecule is CCC(C)C(C)c1ccc(OC(C)COC)c(OC)c1. The first kappa shape index (κ1) is 16.8. The average Bonchev–Trinajstić information content (AvgIpc) is 2.46. The Balaban J connectivity index is 2.90. The summed E-state index contributed by atoms with van der Waals surface area (Å²) < 4.78 is 16.4. The third kappa shape index (κ3) is 4.41. The summed E-state index contributed by atoms with van der Waals surface area (Å²) in [5.74, 6) is 2.73. The number of hydrogen-bond acceptors (Lipinski definition) is 3. The molecular formula is C17H28O3. The van der Waals surface area contributed by atoms with Crippen molar-refractivity contribution in [1.82, 2.24) is 0 Å². The van der Waals surface area contributed by atoms with Gasteiger partial charge in [-0.2, -0.15) is 0 Å². The molecule has 0 heterocycles. The van der Waals surface area contributed by atoms with Crippen LogP contribution >= 0.6 is 0 Å². The van der Waals surface area contributed by atoms with Gasteiger partial charge in [0.05, 0.1) is 13.7 Å². The summed E-state index contributed by atoms with van der Waals surface area (Å²) in [5, 5.41) is 0. The molecule has 0 saturated carbocycles. The van der Waals surface area contributed by atoms with Gasteiger partial charge in [-0.15, -0.1) is 0 Å². The second kappa shape index (κ2) is 8.15. The Bertz CT molecular complexity index is 403. The minimum absolute atomic E-state index is 0.00624.